The summed E-state index contributed by atoms with van der Waals surface area (Å²) in [7, 11) is 0. The van der Waals surface area contributed by atoms with Crippen LogP contribution in [0, 0.1) is 6.92 Å². The minimum Gasteiger partial charge on any atom is -0.390 e. The maximum atomic E-state index is 10.2. The van der Waals surface area contributed by atoms with Crippen molar-refractivity contribution in [2.24, 2.45) is 0 Å². The zero-order chi connectivity index (χ0) is 12.5. The van der Waals surface area contributed by atoms with Gasteiger partial charge in [0.05, 0.1) is 6.10 Å². The van der Waals surface area contributed by atoms with Crippen molar-refractivity contribution in [3.8, 4) is 0 Å². The molecule has 18 heavy (non-hydrogen) atoms. The SMILES string of the molecule is Cc1nonc1CN1C[C@H](O)[C@@H](N2CCCC2)C1. The number of hydrogen-bond donors (Lipinski definition) is 1. The van der Waals surface area contributed by atoms with E-state index in [0.29, 0.717) is 6.54 Å². The Kier molecular flexibility index (Phi) is 3.32. The van der Waals surface area contributed by atoms with Crippen molar-refractivity contribution in [3.63, 3.8) is 0 Å². The molecule has 2 fully saturated rings. The lowest BCUT2D eigenvalue weighted by Gasteiger charge is -2.25. The Bertz CT molecular complexity index is 403. The highest BCUT2D eigenvalue weighted by Gasteiger charge is 2.36. The van der Waals surface area contributed by atoms with Gasteiger partial charge in [-0.05, 0) is 32.9 Å². The fourth-order valence-corrected chi connectivity index (χ4v) is 3.01. The van der Waals surface area contributed by atoms with Crippen molar-refractivity contribution in [2.45, 2.75) is 38.5 Å². The normalized spacial score (nSPS) is 30.3. The minimum atomic E-state index is -0.247. The average molecular weight is 252 g/mol. The van der Waals surface area contributed by atoms with E-state index < -0.39 is 0 Å². The molecule has 0 amide bonds. The molecule has 0 saturated carbocycles. The summed E-state index contributed by atoms with van der Waals surface area (Å²) in [5.41, 5.74) is 1.72. The van der Waals surface area contributed by atoms with Crippen LogP contribution >= 0.6 is 0 Å². The Morgan fingerprint density at radius 1 is 1.28 bits per heavy atom. The first-order valence-corrected chi connectivity index (χ1v) is 6.66. The Morgan fingerprint density at radius 3 is 2.72 bits per heavy atom. The highest BCUT2D eigenvalue weighted by Crippen LogP contribution is 2.22. The number of hydrogen-bond acceptors (Lipinski definition) is 6. The van der Waals surface area contributed by atoms with E-state index in [4.69, 9.17) is 4.63 Å². The lowest BCUT2D eigenvalue weighted by atomic mass is 10.2. The maximum absolute atomic E-state index is 10.2. The molecule has 2 aliphatic rings. The number of nitrogens with zero attached hydrogens (tertiary/aromatic N) is 4. The first-order chi connectivity index (χ1) is 8.74. The van der Waals surface area contributed by atoms with Crippen LogP contribution in [0.3, 0.4) is 0 Å². The van der Waals surface area contributed by atoms with Gasteiger partial charge in [-0.25, -0.2) is 4.63 Å². The van der Waals surface area contributed by atoms with Crippen molar-refractivity contribution >= 4 is 0 Å². The van der Waals surface area contributed by atoms with Crippen LogP contribution in [0.15, 0.2) is 4.63 Å². The third-order valence-corrected chi connectivity index (χ3v) is 4.06. The summed E-state index contributed by atoms with van der Waals surface area (Å²) < 4.78 is 4.71. The lowest BCUT2D eigenvalue weighted by Crippen LogP contribution is -2.41. The molecule has 3 heterocycles. The standard InChI is InChI=1S/C12H20N4O2/c1-9-10(14-18-13-9)6-15-7-11(12(17)8-15)16-4-2-3-5-16/h11-12,17H,2-8H2,1H3/t11-,12-/m0/s1. The van der Waals surface area contributed by atoms with Crippen molar-refractivity contribution in [1.29, 1.82) is 0 Å². The molecule has 0 radical (unpaired) electrons. The van der Waals surface area contributed by atoms with Crippen molar-refractivity contribution < 1.29 is 9.74 Å². The van der Waals surface area contributed by atoms with Gasteiger partial charge in [0.25, 0.3) is 0 Å². The van der Waals surface area contributed by atoms with E-state index in [1.807, 2.05) is 6.92 Å². The first-order valence-electron chi connectivity index (χ1n) is 6.66. The summed E-state index contributed by atoms with van der Waals surface area (Å²) >= 11 is 0. The molecule has 6 nitrogen and oxygen atoms in total. The Hall–Kier alpha value is -0.980. The minimum absolute atomic E-state index is 0.247. The predicted molar refractivity (Wildman–Crippen MR) is 64.9 cm³/mol. The number of rotatable bonds is 3. The molecule has 3 rings (SSSR count). The van der Waals surface area contributed by atoms with Gasteiger partial charge in [-0.3, -0.25) is 9.80 Å². The Balaban J connectivity index is 1.61. The second-order valence-electron chi connectivity index (χ2n) is 5.37. The van der Waals surface area contributed by atoms with Gasteiger partial charge in [0.2, 0.25) is 0 Å². The van der Waals surface area contributed by atoms with Crippen LogP contribution < -0.4 is 0 Å². The van der Waals surface area contributed by atoms with E-state index >= 15 is 0 Å². The van der Waals surface area contributed by atoms with Gasteiger partial charge in [-0.15, -0.1) is 0 Å². The molecule has 2 saturated heterocycles. The monoisotopic (exact) mass is 252 g/mol. The second kappa shape index (κ2) is 4.95. The van der Waals surface area contributed by atoms with Crippen LogP contribution in [-0.2, 0) is 6.54 Å². The molecule has 6 heteroatoms. The van der Waals surface area contributed by atoms with Crippen LogP contribution in [-0.4, -0.2) is 63.5 Å². The smallest absolute Gasteiger partial charge is 0.122 e. The van der Waals surface area contributed by atoms with Gasteiger partial charge in [-0.2, -0.15) is 0 Å². The third kappa shape index (κ3) is 2.28. The molecule has 2 atom stereocenters. The zero-order valence-corrected chi connectivity index (χ0v) is 10.7. The number of aryl methyl sites for hydroxylation is 1. The number of aliphatic hydroxyl groups is 1. The van der Waals surface area contributed by atoms with Crippen LogP contribution in [0.25, 0.3) is 0 Å². The van der Waals surface area contributed by atoms with Gasteiger partial charge in [0.15, 0.2) is 0 Å². The topological polar surface area (TPSA) is 65.6 Å². The summed E-state index contributed by atoms with van der Waals surface area (Å²) in [5, 5.41) is 17.9. The fourth-order valence-electron chi connectivity index (χ4n) is 3.01. The van der Waals surface area contributed by atoms with E-state index in [1.54, 1.807) is 0 Å². The van der Waals surface area contributed by atoms with E-state index in [2.05, 4.69) is 20.1 Å². The van der Waals surface area contributed by atoms with Crippen LogP contribution in [0.1, 0.15) is 24.2 Å². The predicted octanol–water partition coefficient (Wildman–Crippen LogP) is 0.0189. The molecule has 2 aliphatic heterocycles. The Morgan fingerprint density at radius 2 is 2.06 bits per heavy atom. The van der Waals surface area contributed by atoms with Crippen LogP contribution in [0.5, 0.6) is 0 Å². The molecule has 0 aromatic carbocycles. The molecular formula is C12H20N4O2. The van der Waals surface area contributed by atoms with Gasteiger partial charge in [0.1, 0.15) is 11.4 Å². The number of aromatic nitrogens is 2. The second-order valence-corrected chi connectivity index (χ2v) is 5.37. The molecule has 0 bridgehead atoms. The van der Waals surface area contributed by atoms with E-state index in [1.165, 1.54) is 12.8 Å². The summed E-state index contributed by atoms with van der Waals surface area (Å²) in [5.74, 6) is 0. The van der Waals surface area contributed by atoms with Crippen LogP contribution in [0.4, 0.5) is 0 Å². The molecule has 0 unspecified atom stereocenters. The first kappa shape index (κ1) is 12.1. The zero-order valence-electron chi connectivity index (χ0n) is 10.7. The molecule has 1 aromatic rings. The Labute approximate surface area is 107 Å². The van der Waals surface area contributed by atoms with Gasteiger partial charge >= 0.3 is 0 Å². The van der Waals surface area contributed by atoms with E-state index in [-0.39, 0.29) is 12.1 Å². The van der Waals surface area contributed by atoms with Crippen molar-refractivity contribution in [2.75, 3.05) is 26.2 Å². The largest absolute Gasteiger partial charge is 0.390 e. The number of β-amino-alcohol motifs (C(OH)–C–C–N with tert-alkyl or cyclic N) is 1. The molecule has 1 aromatic heterocycles. The van der Waals surface area contributed by atoms with Gasteiger partial charge < -0.3 is 5.11 Å². The van der Waals surface area contributed by atoms with Gasteiger partial charge in [0, 0.05) is 25.7 Å². The summed E-state index contributed by atoms with van der Waals surface area (Å²) in [6.07, 6.45) is 2.27. The summed E-state index contributed by atoms with van der Waals surface area (Å²) in [6.45, 7) is 6.49. The highest BCUT2D eigenvalue weighted by atomic mass is 16.6. The molecule has 0 aliphatic carbocycles. The fraction of sp³-hybridized carbons (Fsp3) is 0.833. The average Bonchev–Trinajstić information content (AvgIpc) is 3.02. The third-order valence-electron chi connectivity index (χ3n) is 4.06. The van der Waals surface area contributed by atoms with Crippen molar-refractivity contribution in [3.05, 3.63) is 11.4 Å². The number of likely N-dealkylation sites (tertiary alicyclic amines) is 2. The van der Waals surface area contributed by atoms with Gasteiger partial charge in [-0.1, -0.05) is 10.3 Å². The quantitative estimate of drug-likeness (QED) is 0.818. The highest BCUT2D eigenvalue weighted by molar-refractivity contribution is 5.05. The van der Waals surface area contributed by atoms with Crippen LogP contribution in [0.2, 0.25) is 0 Å². The summed E-state index contributed by atoms with van der Waals surface area (Å²) in [4.78, 5) is 4.65. The summed E-state index contributed by atoms with van der Waals surface area (Å²) in [6, 6.07) is 0.285. The maximum Gasteiger partial charge on any atom is 0.122 e. The van der Waals surface area contributed by atoms with E-state index in [9.17, 15) is 5.11 Å². The molecule has 100 valence electrons. The molecule has 0 spiro atoms. The molecular weight excluding hydrogens is 232 g/mol. The van der Waals surface area contributed by atoms with E-state index in [0.717, 1.165) is 37.6 Å². The lowest BCUT2D eigenvalue weighted by molar-refractivity contribution is 0.0978. The van der Waals surface area contributed by atoms with Crippen molar-refractivity contribution in [1.82, 2.24) is 20.1 Å². The molecule has 1 N–H and O–H groups in total. The number of aliphatic hydroxyl groups excluding tert-OH is 1.